The zero-order chi connectivity index (χ0) is 17.4. The Morgan fingerprint density at radius 3 is 2.96 bits per heavy atom. The molecule has 0 fully saturated rings. The van der Waals surface area contributed by atoms with E-state index in [4.69, 9.17) is 5.73 Å². The number of hydrogen-bond donors (Lipinski definition) is 2. The zero-order valence-electron chi connectivity index (χ0n) is 13.8. The van der Waals surface area contributed by atoms with Crippen molar-refractivity contribution in [2.24, 2.45) is 0 Å². The fraction of sp³-hybridized carbons (Fsp3) is 0.250. The highest BCUT2D eigenvalue weighted by atomic mass is 19.1. The van der Waals surface area contributed by atoms with Gasteiger partial charge in [0.1, 0.15) is 5.82 Å². The Hall–Kier alpha value is -2.82. The number of nitrogen functional groups attached to an aromatic ring is 1. The van der Waals surface area contributed by atoms with Crippen molar-refractivity contribution >= 4 is 23.0 Å². The van der Waals surface area contributed by atoms with E-state index < -0.39 is 0 Å². The van der Waals surface area contributed by atoms with Gasteiger partial charge in [-0.1, -0.05) is 12.1 Å². The molecule has 0 unspecified atom stereocenters. The van der Waals surface area contributed by atoms with Crippen LogP contribution in [0.5, 0.6) is 0 Å². The number of nitrogens with zero attached hydrogens (tertiary/aromatic N) is 1. The monoisotopic (exact) mass is 337 g/mol. The summed E-state index contributed by atoms with van der Waals surface area (Å²) in [6.07, 6.45) is 3.35. The number of carbonyl (C=O) groups excluding carboxylic acids is 1. The van der Waals surface area contributed by atoms with Gasteiger partial charge in [-0.2, -0.15) is 0 Å². The maximum Gasteiger partial charge on any atom is 0.207 e. The molecule has 0 aliphatic heterocycles. The number of carbonyl (C=O) groups is 1. The van der Waals surface area contributed by atoms with E-state index in [9.17, 15) is 9.18 Å². The molecule has 4 nitrogen and oxygen atoms in total. The van der Waals surface area contributed by atoms with E-state index in [-0.39, 0.29) is 11.9 Å². The number of halogens is 1. The molecule has 1 heterocycles. The van der Waals surface area contributed by atoms with Gasteiger partial charge in [-0.15, -0.1) is 0 Å². The summed E-state index contributed by atoms with van der Waals surface area (Å²) in [4.78, 5) is 10.8. The van der Waals surface area contributed by atoms with Gasteiger partial charge in [0.2, 0.25) is 6.41 Å². The minimum atomic E-state index is -0.220. The molecule has 0 spiro atoms. The number of nitrogens with two attached hydrogens (primary N) is 1. The summed E-state index contributed by atoms with van der Waals surface area (Å²) in [5.74, 6) is -0.220. The summed E-state index contributed by atoms with van der Waals surface area (Å²) < 4.78 is 15.8. The molecule has 2 aromatic carbocycles. The summed E-state index contributed by atoms with van der Waals surface area (Å²) >= 11 is 0. The average molecular weight is 337 g/mol. The van der Waals surface area contributed by atoms with Gasteiger partial charge < -0.3 is 15.6 Å². The van der Waals surface area contributed by atoms with Crippen molar-refractivity contribution in [3.05, 3.63) is 65.1 Å². The lowest BCUT2D eigenvalue weighted by molar-refractivity contribution is -0.110. The number of nitrogens with one attached hydrogen (secondary N) is 1. The maximum atomic E-state index is 13.6. The lowest BCUT2D eigenvalue weighted by atomic mass is 9.91. The summed E-state index contributed by atoms with van der Waals surface area (Å²) in [5, 5.41) is 4.03. The van der Waals surface area contributed by atoms with Crippen LogP contribution < -0.4 is 11.1 Å². The first-order valence-corrected chi connectivity index (χ1v) is 8.49. The summed E-state index contributed by atoms with van der Waals surface area (Å²) in [7, 11) is 0. The second-order valence-corrected chi connectivity index (χ2v) is 6.64. The van der Waals surface area contributed by atoms with Crippen molar-refractivity contribution in [2.75, 3.05) is 5.73 Å². The van der Waals surface area contributed by atoms with Crippen LogP contribution in [0.2, 0.25) is 0 Å². The molecule has 0 saturated carbocycles. The molecule has 1 amide bonds. The van der Waals surface area contributed by atoms with Gasteiger partial charge in [0.25, 0.3) is 0 Å². The lowest BCUT2D eigenvalue weighted by Crippen LogP contribution is -2.33. The Balaban J connectivity index is 1.83. The first-order valence-electron chi connectivity index (χ1n) is 8.49. The zero-order valence-corrected chi connectivity index (χ0v) is 13.8. The number of rotatable bonds is 4. The third-order valence-electron chi connectivity index (χ3n) is 5.02. The summed E-state index contributed by atoms with van der Waals surface area (Å²) in [6, 6.07) is 12.8. The molecule has 1 aliphatic rings. The molecule has 4 rings (SSSR count). The van der Waals surface area contributed by atoms with Crippen LogP contribution in [0.15, 0.2) is 42.5 Å². The van der Waals surface area contributed by atoms with Crippen LogP contribution >= 0.6 is 0 Å². The maximum absolute atomic E-state index is 13.6. The van der Waals surface area contributed by atoms with E-state index >= 15 is 0 Å². The second-order valence-electron chi connectivity index (χ2n) is 6.64. The predicted molar refractivity (Wildman–Crippen MR) is 96.9 cm³/mol. The van der Waals surface area contributed by atoms with Crippen LogP contribution in [-0.2, 0) is 24.2 Å². The van der Waals surface area contributed by atoms with Crippen LogP contribution in [0, 0.1) is 5.82 Å². The Morgan fingerprint density at radius 1 is 1.28 bits per heavy atom. The summed E-state index contributed by atoms with van der Waals surface area (Å²) in [6.45, 7) is 0.624. The third kappa shape index (κ3) is 2.86. The molecular weight excluding hydrogens is 317 g/mol. The molecule has 0 bridgehead atoms. The van der Waals surface area contributed by atoms with Crippen molar-refractivity contribution in [1.82, 2.24) is 9.88 Å². The Morgan fingerprint density at radius 2 is 2.16 bits per heavy atom. The van der Waals surface area contributed by atoms with Gasteiger partial charge in [0, 0.05) is 34.9 Å². The molecule has 3 aromatic rings. The number of amides is 1. The van der Waals surface area contributed by atoms with Gasteiger partial charge in [0.05, 0.1) is 0 Å². The Bertz CT molecular complexity index is 948. The van der Waals surface area contributed by atoms with Crippen LogP contribution in [0.3, 0.4) is 0 Å². The molecular formula is C20H20FN3O. The Kier molecular flexibility index (Phi) is 3.92. The van der Waals surface area contributed by atoms with Crippen molar-refractivity contribution in [1.29, 1.82) is 0 Å². The molecule has 1 aromatic heterocycles. The van der Waals surface area contributed by atoms with Crippen molar-refractivity contribution in [2.45, 2.75) is 31.8 Å². The standard InChI is InChI=1S/C20H20FN3O/c21-14-3-1-2-13(8-14)11-24-19-6-4-15(22)9-17(19)18-10-16(23-12-25)5-7-20(18)24/h1-4,6,8-9,12,16H,5,7,10-11,22H2,(H,23,25)/t16-/m1/s1. The molecule has 1 atom stereocenters. The van der Waals surface area contributed by atoms with E-state index in [1.165, 1.54) is 17.3 Å². The van der Waals surface area contributed by atoms with Gasteiger partial charge >= 0.3 is 0 Å². The van der Waals surface area contributed by atoms with Crippen LogP contribution in [-0.4, -0.2) is 17.0 Å². The molecule has 25 heavy (non-hydrogen) atoms. The molecule has 5 heteroatoms. The highest BCUT2D eigenvalue weighted by Gasteiger charge is 2.25. The van der Waals surface area contributed by atoms with E-state index in [1.807, 2.05) is 24.3 Å². The van der Waals surface area contributed by atoms with E-state index in [0.29, 0.717) is 6.54 Å². The van der Waals surface area contributed by atoms with E-state index in [0.717, 1.165) is 47.8 Å². The number of anilines is 1. The molecule has 1 aliphatic carbocycles. The van der Waals surface area contributed by atoms with Crippen molar-refractivity contribution < 1.29 is 9.18 Å². The van der Waals surface area contributed by atoms with Gasteiger partial charge in [0.15, 0.2) is 0 Å². The molecule has 128 valence electrons. The number of fused-ring (bicyclic) bond motifs is 3. The smallest absolute Gasteiger partial charge is 0.207 e. The largest absolute Gasteiger partial charge is 0.399 e. The first kappa shape index (κ1) is 15.7. The van der Waals surface area contributed by atoms with E-state index in [2.05, 4.69) is 9.88 Å². The quantitative estimate of drug-likeness (QED) is 0.568. The topological polar surface area (TPSA) is 60.0 Å². The number of hydrogen-bond acceptors (Lipinski definition) is 2. The number of aromatic nitrogens is 1. The fourth-order valence-corrected chi connectivity index (χ4v) is 3.90. The second kappa shape index (κ2) is 6.24. The van der Waals surface area contributed by atoms with Gasteiger partial charge in [-0.05, 0) is 60.7 Å². The third-order valence-corrected chi connectivity index (χ3v) is 5.02. The molecule has 0 radical (unpaired) electrons. The highest BCUT2D eigenvalue weighted by Crippen LogP contribution is 2.34. The lowest BCUT2D eigenvalue weighted by Gasteiger charge is -2.23. The van der Waals surface area contributed by atoms with Crippen LogP contribution in [0.4, 0.5) is 10.1 Å². The molecule has 0 saturated heterocycles. The van der Waals surface area contributed by atoms with E-state index in [1.54, 1.807) is 12.1 Å². The normalized spacial score (nSPS) is 16.6. The van der Waals surface area contributed by atoms with Gasteiger partial charge in [-0.25, -0.2) is 4.39 Å². The first-order chi connectivity index (χ1) is 12.2. The van der Waals surface area contributed by atoms with Crippen molar-refractivity contribution in [3.8, 4) is 0 Å². The van der Waals surface area contributed by atoms with Crippen LogP contribution in [0.1, 0.15) is 23.2 Å². The Labute approximate surface area is 145 Å². The van der Waals surface area contributed by atoms with Crippen LogP contribution in [0.25, 0.3) is 10.9 Å². The van der Waals surface area contributed by atoms with Gasteiger partial charge in [-0.3, -0.25) is 4.79 Å². The predicted octanol–water partition coefficient (Wildman–Crippen LogP) is 3.01. The number of benzene rings is 2. The SMILES string of the molecule is Nc1ccc2c(c1)c1c(n2Cc2cccc(F)c2)CC[C@@H](NC=O)C1. The average Bonchev–Trinajstić information content (AvgIpc) is 2.88. The minimum Gasteiger partial charge on any atom is -0.399 e. The minimum absolute atomic E-state index is 0.152. The fourth-order valence-electron chi connectivity index (χ4n) is 3.90. The van der Waals surface area contributed by atoms with Crippen molar-refractivity contribution in [3.63, 3.8) is 0 Å². The highest BCUT2D eigenvalue weighted by molar-refractivity contribution is 5.88. The molecule has 3 N–H and O–H groups in total. The summed E-state index contributed by atoms with van der Waals surface area (Å²) in [5.41, 5.74) is 11.3.